The summed E-state index contributed by atoms with van der Waals surface area (Å²) in [5.74, 6) is 0. The van der Waals surface area contributed by atoms with Gasteiger partial charge in [0.15, 0.2) is 0 Å². The average Bonchev–Trinajstić information content (AvgIpc) is 2.37. The number of alkyl carbamates (subject to hydrolysis) is 1. The third-order valence-electron chi connectivity index (χ3n) is 2.30. The van der Waals surface area contributed by atoms with Crippen molar-refractivity contribution in [2.45, 2.75) is 39.4 Å². The summed E-state index contributed by atoms with van der Waals surface area (Å²) in [7, 11) is 0. The Morgan fingerprint density at radius 3 is 2.75 bits per heavy atom. The van der Waals surface area contributed by atoms with E-state index in [1.165, 1.54) is 0 Å². The highest BCUT2D eigenvalue weighted by molar-refractivity contribution is 5.67. The number of rotatable bonds is 5. The number of nitrogens with one attached hydrogen (secondary N) is 1. The van der Waals surface area contributed by atoms with Crippen LogP contribution in [-0.2, 0) is 11.3 Å². The van der Waals surface area contributed by atoms with E-state index in [2.05, 4.69) is 10.3 Å². The lowest BCUT2D eigenvalue weighted by molar-refractivity contribution is 0.0529. The quantitative estimate of drug-likeness (QED) is 0.812. The van der Waals surface area contributed by atoms with Crippen molar-refractivity contribution in [2.24, 2.45) is 0 Å². The van der Waals surface area contributed by atoms with Gasteiger partial charge in [-0.3, -0.25) is 4.98 Å². The molecule has 1 aromatic heterocycles. The molecular weight excluding hydrogens is 256 g/mol. The van der Waals surface area contributed by atoms with Crippen LogP contribution in [0.1, 0.15) is 38.4 Å². The molecule has 0 fully saturated rings. The Morgan fingerprint density at radius 2 is 2.20 bits per heavy atom. The van der Waals surface area contributed by atoms with E-state index in [-0.39, 0.29) is 6.61 Å². The minimum atomic E-state index is -0.474. The number of carbonyl (C=O) groups is 1. The van der Waals surface area contributed by atoms with Gasteiger partial charge in [0.05, 0.1) is 12.3 Å². The van der Waals surface area contributed by atoms with E-state index in [0.29, 0.717) is 13.0 Å². The predicted molar refractivity (Wildman–Crippen MR) is 78.0 cm³/mol. The van der Waals surface area contributed by atoms with E-state index < -0.39 is 11.7 Å². The first-order valence-electron chi connectivity index (χ1n) is 6.60. The summed E-state index contributed by atoms with van der Waals surface area (Å²) in [6, 6.07) is 3.66. The van der Waals surface area contributed by atoms with Crippen molar-refractivity contribution in [2.75, 3.05) is 6.54 Å². The lowest BCUT2D eigenvalue weighted by Crippen LogP contribution is -2.32. The van der Waals surface area contributed by atoms with Crippen molar-refractivity contribution < 1.29 is 14.6 Å². The summed E-state index contributed by atoms with van der Waals surface area (Å²) in [5.41, 5.74) is 1.13. The average molecular weight is 278 g/mol. The number of aromatic nitrogens is 1. The van der Waals surface area contributed by atoms with Crippen LogP contribution in [0.25, 0.3) is 6.08 Å². The summed E-state index contributed by atoms with van der Waals surface area (Å²) in [4.78, 5) is 15.5. The smallest absolute Gasteiger partial charge is 0.407 e. The molecule has 0 saturated carbocycles. The molecule has 0 aromatic carbocycles. The van der Waals surface area contributed by atoms with E-state index >= 15 is 0 Å². The van der Waals surface area contributed by atoms with Gasteiger partial charge in [0, 0.05) is 12.7 Å². The molecule has 0 aliphatic heterocycles. The third kappa shape index (κ3) is 6.89. The van der Waals surface area contributed by atoms with Gasteiger partial charge in [0.25, 0.3) is 0 Å². The molecule has 0 aliphatic carbocycles. The maximum atomic E-state index is 11.4. The normalized spacial score (nSPS) is 11.6. The maximum absolute atomic E-state index is 11.4. The first-order chi connectivity index (χ1) is 9.40. The minimum Gasteiger partial charge on any atom is -0.444 e. The van der Waals surface area contributed by atoms with Gasteiger partial charge < -0.3 is 15.2 Å². The molecule has 0 bridgehead atoms. The highest BCUT2D eigenvalue weighted by atomic mass is 16.6. The SMILES string of the molecule is CC(C)(C)OC(=O)NCCC=Cc1ccc(CO)cn1. The van der Waals surface area contributed by atoms with Crippen LogP contribution in [0.15, 0.2) is 24.4 Å². The molecule has 0 atom stereocenters. The Morgan fingerprint density at radius 1 is 1.45 bits per heavy atom. The lowest BCUT2D eigenvalue weighted by Gasteiger charge is -2.19. The first kappa shape index (κ1) is 16.2. The molecule has 2 N–H and O–H groups in total. The number of ether oxygens (including phenoxy) is 1. The molecule has 110 valence electrons. The van der Waals surface area contributed by atoms with Crippen LogP contribution < -0.4 is 5.32 Å². The van der Waals surface area contributed by atoms with Crippen LogP contribution >= 0.6 is 0 Å². The third-order valence-corrected chi connectivity index (χ3v) is 2.30. The van der Waals surface area contributed by atoms with E-state index in [1.807, 2.05) is 45.1 Å². The van der Waals surface area contributed by atoms with Crippen molar-refractivity contribution in [3.63, 3.8) is 0 Å². The standard InChI is InChI=1S/C15H22N2O3/c1-15(2,3)20-14(19)16-9-5-4-6-13-8-7-12(11-18)10-17-13/h4,6-8,10,18H,5,9,11H2,1-3H3,(H,16,19). The van der Waals surface area contributed by atoms with Crippen LogP contribution in [-0.4, -0.2) is 28.3 Å². The molecule has 0 aliphatic rings. The molecule has 1 rings (SSSR count). The van der Waals surface area contributed by atoms with E-state index in [9.17, 15) is 4.79 Å². The van der Waals surface area contributed by atoms with Crippen molar-refractivity contribution in [3.8, 4) is 0 Å². The number of carbonyl (C=O) groups excluding carboxylic acids is 1. The lowest BCUT2D eigenvalue weighted by atomic mass is 10.2. The zero-order valence-corrected chi connectivity index (χ0v) is 12.2. The van der Waals surface area contributed by atoms with Crippen LogP contribution in [0.5, 0.6) is 0 Å². The molecule has 1 amide bonds. The molecule has 1 aromatic rings. The molecule has 5 heteroatoms. The zero-order chi connectivity index (χ0) is 15.0. The van der Waals surface area contributed by atoms with Gasteiger partial charge in [-0.15, -0.1) is 0 Å². The number of hydrogen-bond acceptors (Lipinski definition) is 4. The second kappa shape index (κ2) is 7.65. The number of aliphatic hydroxyl groups excluding tert-OH is 1. The number of hydrogen-bond donors (Lipinski definition) is 2. The number of amides is 1. The first-order valence-corrected chi connectivity index (χ1v) is 6.60. The molecule has 20 heavy (non-hydrogen) atoms. The predicted octanol–water partition coefficient (Wildman–Crippen LogP) is 2.50. The molecule has 0 unspecified atom stereocenters. The Hall–Kier alpha value is -1.88. The molecule has 0 saturated heterocycles. The summed E-state index contributed by atoms with van der Waals surface area (Å²) < 4.78 is 5.12. The monoisotopic (exact) mass is 278 g/mol. The van der Waals surface area contributed by atoms with Crippen molar-refractivity contribution in [1.82, 2.24) is 10.3 Å². The fourth-order valence-electron chi connectivity index (χ4n) is 1.40. The molecule has 0 spiro atoms. The van der Waals surface area contributed by atoms with Gasteiger partial charge >= 0.3 is 6.09 Å². The second-order valence-corrected chi connectivity index (χ2v) is 5.37. The summed E-state index contributed by atoms with van der Waals surface area (Å²) in [6.45, 7) is 5.99. The van der Waals surface area contributed by atoms with Gasteiger partial charge in [-0.05, 0) is 44.9 Å². The van der Waals surface area contributed by atoms with E-state index in [4.69, 9.17) is 9.84 Å². The highest BCUT2D eigenvalue weighted by Crippen LogP contribution is 2.06. The van der Waals surface area contributed by atoms with Gasteiger partial charge in [0.2, 0.25) is 0 Å². The maximum Gasteiger partial charge on any atom is 0.407 e. The van der Waals surface area contributed by atoms with E-state index in [1.54, 1.807) is 6.20 Å². The van der Waals surface area contributed by atoms with E-state index in [0.717, 1.165) is 11.3 Å². The number of pyridine rings is 1. The minimum absolute atomic E-state index is 0.00317. The Kier molecular flexibility index (Phi) is 6.18. The van der Waals surface area contributed by atoms with Crippen LogP contribution in [0.4, 0.5) is 4.79 Å². The van der Waals surface area contributed by atoms with Crippen LogP contribution in [0.3, 0.4) is 0 Å². The Labute approximate surface area is 119 Å². The van der Waals surface area contributed by atoms with Gasteiger partial charge in [0.1, 0.15) is 5.60 Å². The summed E-state index contributed by atoms with van der Waals surface area (Å²) in [5, 5.41) is 11.6. The summed E-state index contributed by atoms with van der Waals surface area (Å²) >= 11 is 0. The second-order valence-electron chi connectivity index (χ2n) is 5.37. The molecule has 1 heterocycles. The van der Waals surface area contributed by atoms with Gasteiger partial charge in [-0.1, -0.05) is 12.1 Å². The largest absolute Gasteiger partial charge is 0.444 e. The number of aliphatic hydroxyl groups is 1. The molecule has 0 radical (unpaired) electrons. The number of nitrogens with zero attached hydrogens (tertiary/aromatic N) is 1. The highest BCUT2D eigenvalue weighted by Gasteiger charge is 2.15. The van der Waals surface area contributed by atoms with Gasteiger partial charge in [-0.25, -0.2) is 4.79 Å². The van der Waals surface area contributed by atoms with Crippen molar-refractivity contribution >= 4 is 12.2 Å². The molecule has 5 nitrogen and oxygen atoms in total. The molecular formula is C15H22N2O3. The van der Waals surface area contributed by atoms with Crippen LogP contribution in [0, 0.1) is 0 Å². The fraction of sp³-hybridized carbons (Fsp3) is 0.467. The van der Waals surface area contributed by atoms with Crippen molar-refractivity contribution in [1.29, 1.82) is 0 Å². The fourth-order valence-corrected chi connectivity index (χ4v) is 1.40. The van der Waals surface area contributed by atoms with Gasteiger partial charge in [-0.2, -0.15) is 0 Å². The topological polar surface area (TPSA) is 71.5 Å². The zero-order valence-electron chi connectivity index (χ0n) is 12.2. The van der Waals surface area contributed by atoms with Crippen molar-refractivity contribution in [3.05, 3.63) is 35.7 Å². The Bertz CT molecular complexity index is 447. The van der Waals surface area contributed by atoms with Crippen LogP contribution in [0.2, 0.25) is 0 Å². The summed E-state index contributed by atoms with van der Waals surface area (Å²) in [6.07, 6.45) is 5.73. The Balaban J connectivity index is 2.26.